The monoisotopic (exact) mass is 342 g/mol. The lowest BCUT2D eigenvalue weighted by molar-refractivity contribution is -0.137. The number of nitrogens with zero attached hydrogens (tertiary/aromatic N) is 2. The molecular formula is C19H22N2O2S. The smallest absolute Gasteiger partial charge is 0.230 e. The largest absolute Gasteiger partial charge is 0.493 e. The molecule has 4 nitrogen and oxygen atoms in total. The van der Waals surface area contributed by atoms with Gasteiger partial charge in [0.1, 0.15) is 10.8 Å². The van der Waals surface area contributed by atoms with Crippen molar-refractivity contribution in [3.05, 3.63) is 45.9 Å². The van der Waals surface area contributed by atoms with Gasteiger partial charge in [0.2, 0.25) is 5.91 Å². The first kappa shape index (κ1) is 15.6. The van der Waals surface area contributed by atoms with Crippen LogP contribution in [-0.4, -0.2) is 28.9 Å². The fourth-order valence-electron chi connectivity index (χ4n) is 3.78. The van der Waals surface area contributed by atoms with Crippen LogP contribution in [0.25, 0.3) is 0 Å². The number of aryl methyl sites for hydroxylation is 1. The zero-order valence-corrected chi connectivity index (χ0v) is 14.7. The highest BCUT2D eigenvalue weighted by molar-refractivity contribution is 7.09. The zero-order valence-electron chi connectivity index (χ0n) is 13.9. The third-order valence-electron chi connectivity index (χ3n) is 4.96. The number of rotatable bonds is 2. The Balaban J connectivity index is 1.63. The zero-order chi connectivity index (χ0) is 16.5. The van der Waals surface area contributed by atoms with Crippen LogP contribution in [0.1, 0.15) is 53.9 Å². The summed E-state index contributed by atoms with van der Waals surface area (Å²) in [6, 6.07) is 8.09. The number of ether oxygens (including phenoxy) is 1. The Morgan fingerprint density at radius 3 is 3.00 bits per heavy atom. The van der Waals surface area contributed by atoms with Crippen molar-refractivity contribution in [3.8, 4) is 5.75 Å². The van der Waals surface area contributed by atoms with Gasteiger partial charge in [0.25, 0.3) is 0 Å². The number of hydrogen-bond acceptors (Lipinski definition) is 4. The van der Waals surface area contributed by atoms with Gasteiger partial charge in [-0.2, -0.15) is 0 Å². The van der Waals surface area contributed by atoms with E-state index in [0.717, 1.165) is 54.2 Å². The second kappa shape index (κ2) is 6.55. The summed E-state index contributed by atoms with van der Waals surface area (Å²) in [6.07, 6.45) is 4.02. The van der Waals surface area contributed by atoms with Gasteiger partial charge in [-0.05, 0) is 38.7 Å². The van der Waals surface area contributed by atoms with E-state index in [2.05, 4.69) is 15.3 Å². The fraction of sp³-hybridized carbons (Fsp3) is 0.474. The van der Waals surface area contributed by atoms with Crippen molar-refractivity contribution in [1.29, 1.82) is 0 Å². The summed E-state index contributed by atoms with van der Waals surface area (Å²) >= 11 is 1.68. The number of carbonyl (C=O) groups excluding carboxylic acids is 1. The molecule has 126 valence electrons. The lowest BCUT2D eigenvalue weighted by atomic mass is 9.90. The average molecular weight is 342 g/mol. The number of hydrogen-bond donors (Lipinski definition) is 0. The number of fused-ring (bicyclic) bond motifs is 1. The van der Waals surface area contributed by atoms with Crippen molar-refractivity contribution in [2.75, 3.05) is 13.2 Å². The van der Waals surface area contributed by atoms with Crippen LogP contribution in [0, 0.1) is 6.92 Å². The molecular weight excluding hydrogens is 320 g/mol. The molecule has 24 heavy (non-hydrogen) atoms. The quantitative estimate of drug-likeness (QED) is 0.826. The molecule has 0 unspecified atom stereocenters. The number of amides is 1. The van der Waals surface area contributed by atoms with E-state index in [1.165, 1.54) is 0 Å². The Labute approximate surface area is 146 Å². The molecule has 2 aliphatic rings. The van der Waals surface area contributed by atoms with E-state index in [9.17, 15) is 4.79 Å². The number of piperidine rings is 1. The summed E-state index contributed by atoms with van der Waals surface area (Å²) in [5.41, 5.74) is 2.08. The summed E-state index contributed by atoms with van der Waals surface area (Å²) in [5, 5.41) is 3.16. The van der Waals surface area contributed by atoms with Gasteiger partial charge in [-0.25, -0.2) is 4.98 Å². The number of thiazole rings is 1. The Kier molecular flexibility index (Phi) is 4.27. The summed E-state index contributed by atoms with van der Waals surface area (Å²) in [6.45, 7) is 3.47. The van der Waals surface area contributed by atoms with E-state index in [1.807, 2.05) is 31.2 Å². The molecule has 3 heterocycles. The average Bonchev–Trinajstić information content (AvgIpc) is 3.07. The SMILES string of the molecule is Cc1csc([C@@H]2CCCCN2C(=O)[C@H]2CCOc3ccccc32)n1. The van der Waals surface area contributed by atoms with E-state index >= 15 is 0 Å². The number of likely N-dealkylation sites (tertiary alicyclic amines) is 1. The molecule has 2 aromatic rings. The molecule has 0 spiro atoms. The van der Waals surface area contributed by atoms with Gasteiger partial charge >= 0.3 is 0 Å². The second-order valence-corrected chi connectivity index (χ2v) is 7.49. The van der Waals surface area contributed by atoms with Gasteiger partial charge < -0.3 is 9.64 Å². The molecule has 2 aliphatic heterocycles. The number of aromatic nitrogens is 1. The second-order valence-electron chi connectivity index (χ2n) is 6.60. The Hall–Kier alpha value is -1.88. The lowest BCUT2D eigenvalue weighted by Crippen LogP contribution is -2.42. The standard InChI is InChI=1S/C19H22N2O2S/c1-13-12-24-18(20-13)16-7-4-5-10-21(16)19(22)15-9-11-23-17-8-3-2-6-14(15)17/h2-3,6,8,12,15-16H,4-5,7,9-11H2,1H3/t15-,16-/m0/s1. The van der Waals surface area contributed by atoms with Crippen LogP contribution >= 0.6 is 11.3 Å². The Bertz CT molecular complexity index is 742. The predicted octanol–water partition coefficient (Wildman–Crippen LogP) is 4.07. The number of benzene rings is 1. The third kappa shape index (κ3) is 2.81. The minimum Gasteiger partial charge on any atom is -0.493 e. The highest BCUT2D eigenvalue weighted by Crippen LogP contribution is 2.39. The van der Waals surface area contributed by atoms with Crippen molar-refractivity contribution in [1.82, 2.24) is 9.88 Å². The fourth-order valence-corrected chi connectivity index (χ4v) is 4.72. The predicted molar refractivity (Wildman–Crippen MR) is 94.5 cm³/mol. The molecule has 1 aromatic carbocycles. The van der Waals surface area contributed by atoms with Crippen LogP contribution in [0.4, 0.5) is 0 Å². The molecule has 1 fully saturated rings. The highest BCUT2D eigenvalue weighted by Gasteiger charge is 2.36. The van der Waals surface area contributed by atoms with Crippen molar-refractivity contribution in [3.63, 3.8) is 0 Å². The van der Waals surface area contributed by atoms with Crippen LogP contribution in [0.3, 0.4) is 0 Å². The molecule has 1 saturated heterocycles. The topological polar surface area (TPSA) is 42.4 Å². The highest BCUT2D eigenvalue weighted by atomic mass is 32.1. The van der Waals surface area contributed by atoms with Crippen LogP contribution < -0.4 is 4.74 Å². The molecule has 2 atom stereocenters. The summed E-state index contributed by atoms with van der Waals surface area (Å²) in [5.74, 6) is 1.01. The maximum atomic E-state index is 13.4. The van der Waals surface area contributed by atoms with E-state index < -0.39 is 0 Å². The van der Waals surface area contributed by atoms with Crippen molar-refractivity contribution in [2.24, 2.45) is 0 Å². The molecule has 5 heteroatoms. The van der Waals surface area contributed by atoms with Crippen molar-refractivity contribution in [2.45, 2.75) is 44.6 Å². The number of para-hydroxylation sites is 1. The van der Waals surface area contributed by atoms with Crippen molar-refractivity contribution < 1.29 is 9.53 Å². The van der Waals surface area contributed by atoms with Gasteiger partial charge in [0.15, 0.2) is 0 Å². The van der Waals surface area contributed by atoms with Gasteiger partial charge in [0, 0.05) is 23.2 Å². The summed E-state index contributed by atoms with van der Waals surface area (Å²) in [7, 11) is 0. The van der Waals surface area contributed by atoms with E-state index in [-0.39, 0.29) is 17.9 Å². The van der Waals surface area contributed by atoms with E-state index in [1.54, 1.807) is 11.3 Å². The minimum absolute atomic E-state index is 0.0865. The summed E-state index contributed by atoms with van der Waals surface area (Å²) < 4.78 is 5.72. The van der Waals surface area contributed by atoms with Crippen molar-refractivity contribution >= 4 is 17.2 Å². The number of carbonyl (C=O) groups is 1. The van der Waals surface area contributed by atoms with Gasteiger partial charge in [-0.1, -0.05) is 18.2 Å². The summed E-state index contributed by atoms with van der Waals surface area (Å²) in [4.78, 5) is 20.1. The molecule has 1 amide bonds. The molecule has 0 bridgehead atoms. The maximum absolute atomic E-state index is 13.4. The van der Waals surface area contributed by atoms with Crippen LogP contribution in [0.2, 0.25) is 0 Å². The molecule has 0 aliphatic carbocycles. The molecule has 0 radical (unpaired) electrons. The molecule has 1 aromatic heterocycles. The molecule has 0 N–H and O–H groups in total. The first-order valence-electron chi connectivity index (χ1n) is 8.68. The third-order valence-corrected chi connectivity index (χ3v) is 6.03. The van der Waals surface area contributed by atoms with E-state index in [4.69, 9.17) is 4.74 Å². The van der Waals surface area contributed by atoms with Crippen LogP contribution in [-0.2, 0) is 4.79 Å². The molecule has 4 rings (SSSR count). The Morgan fingerprint density at radius 1 is 1.29 bits per heavy atom. The Morgan fingerprint density at radius 2 is 2.17 bits per heavy atom. The van der Waals surface area contributed by atoms with Gasteiger partial charge in [-0.3, -0.25) is 4.79 Å². The normalized spacial score (nSPS) is 23.5. The maximum Gasteiger partial charge on any atom is 0.230 e. The molecule has 0 saturated carbocycles. The minimum atomic E-state index is -0.0865. The van der Waals surface area contributed by atoms with Crippen LogP contribution in [0.5, 0.6) is 5.75 Å². The lowest BCUT2D eigenvalue weighted by Gasteiger charge is -2.38. The van der Waals surface area contributed by atoms with Gasteiger partial charge in [-0.15, -0.1) is 11.3 Å². The van der Waals surface area contributed by atoms with Gasteiger partial charge in [0.05, 0.1) is 18.6 Å². The first-order valence-corrected chi connectivity index (χ1v) is 9.56. The van der Waals surface area contributed by atoms with Crippen LogP contribution in [0.15, 0.2) is 29.6 Å². The first-order chi connectivity index (χ1) is 11.7. The van der Waals surface area contributed by atoms with E-state index in [0.29, 0.717) is 6.61 Å².